The maximum atomic E-state index is 10.7. The van der Waals surface area contributed by atoms with Crippen molar-refractivity contribution in [1.82, 2.24) is 0 Å². The number of rotatable bonds is 6. The number of hydrogen-bond donors (Lipinski definition) is 2. The monoisotopic (exact) mass is 311 g/mol. The topological polar surface area (TPSA) is 80.9 Å². The van der Waals surface area contributed by atoms with E-state index in [-0.39, 0.29) is 5.76 Å². The van der Waals surface area contributed by atoms with Crippen molar-refractivity contribution in [3.63, 3.8) is 0 Å². The molecule has 2 rings (SSSR count). The van der Waals surface area contributed by atoms with Crippen molar-refractivity contribution >= 4 is 23.3 Å². The maximum Gasteiger partial charge on any atom is 0.371 e. The van der Waals surface area contributed by atoms with Gasteiger partial charge in [-0.3, -0.25) is 0 Å². The van der Waals surface area contributed by atoms with E-state index >= 15 is 0 Å². The van der Waals surface area contributed by atoms with Gasteiger partial charge in [0.2, 0.25) is 5.76 Å². The predicted molar refractivity (Wildman–Crippen MR) is 77.6 cm³/mol. The van der Waals surface area contributed by atoms with Crippen molar-refractivity contribution in [2.45, 2.75) is 6.54 Å². The van der Waals surface area contributed by atoms with E-state index < -0.39 is 5.97 Å². The fourth-order valence-electron chi connectivity index (χ4n) is 1.77. The molecule has 0 aliphatic rings. The van der Waals surface area contributed by atoms with Gasteiger partial charge in [0.15, 0.2) is 0 Å². The molecule has 1 aromatic heterocycles. The molecule has 2 N–H and O–H groups in total. The molecule has 6 nitrogen and oxygen atoms in total. The van der Waals surface area contributed by atoms with Crippen LogP contribution < -0.4 is 14.8 Å². The SMILES string of the molecule is COc1cc(OC)c(NCc2ccc(C(=O)O)o2)cc1Cl. The first-order chi connectivity index (χ1) is 10.0. The summed E-state index contributed by atoms with van der Waals surface area (Å²) in [7, 11) is 3.05. The summed E-state index contributed by atoms with van der Waals surface area (Å²) in [4.78, 5) is 10.7. The molecule has 0 aliphatic heterocycles. The first-order valence-corrected chi connectivity index (χ1v) is 6.40. The van der Waals surface area contributed by atoms with E-state index in [4.69, 9.17) is 30.6 Å². The number of carboxylic acid groups (broad SMARTS) is 1. The molecular weight excluding hydrogens is 298 g/mol. The molecule has 7 heteroatoms. The van der Waals surface area contributed by atoms with Crippen LogP contribution in [0.5, 0.6) is 11.5 Å². The van der Waals surface area contributed by atoms with Crippen LogP contribution in [-0.2, 0) is 6.54 Å². The number of furan rings is 1. The van der Waals surface area contributed by atoms with Crippen LogP contribution in [0.15, 0.2) is 28.7 Å². The zero-order chi connectivity index (χ0) is 15.4. The molecule has 1 aromatic carbocycles. The zero-order valence-electron chi connectivity index (χ0n) is 11.5. The van der Waals surface area contributed by atoms with Crippen LogP contribution in [0.4, 0.5) is 5.69 Å². The largest absolute Gasteiger partial charge is 0.495 e. The summed E-state index contributed by atoms with van der Waals surface area (Å²) in [6, 6.07) is 6.32. The summed E-state index contributed by atoms with van der Waals surface area (Å²) in [5.74, 6) is 0.339. The summed E-state index contributed by atoms with van der Waals surface area (Å²) in [6.07, 6.45) is 0. The van der Waals surface area contributed by atoms with Crippen LogP contribution in [0.1, 0.15) is 16.3 Å². The molecule has 0 saturated carbocycles. The quantitative estimate of drug-likeness (QED) is 0.852. The summed E-state index contributed by atoms with van der Waals surface area (Å²) in [6.45, 7) is 0.298. The number of aromatic carboxylic acids is 1. The summed E-state index contributed by atoms with van der Waals surface area (Å²) in [5, 5.41) is 12.3. The fourth-order valence-corrected chi connectivity index (χ4v) is 2.01. The minimum Gasteiger partial charge on any atom is -0.495 e. The van der Waals surface area contributed by atoms with Crippen molar-refractivity contribution in [3.8, 4) is 11.5 Å². The van der Waals surface area contributed by atoms with E-state index in [9.17, 15) is 4.79 Å². The lowest BCUT2D eigenvalue weighted by Crippen LogP contribution is -2.01. The van der Waals surface area contributed by atoms with Crippen LogP contribution in [0.25, 0.3) is 0 Å². The van der Waals surface area contributed by atoms with Crippen molar-refractivity contribution in [2.75, 3.05) is 19.5 Å². The van der Waals surface area contributed by atoms with Gasteiger partial charge in [-0.2, -0.15) is 0 Å². The highest BCUT2D eigenvalue weighted by Crippen LogP contribution is 2.36. The number of carboxylic acids is 1. The van der Waals surface area contributed by atoms with Crippen LogP contribution in [0.2, 0.25) is 5.02 Å². The summed E-state index contributed by atoms with van der Waals surface area (Å²) >= 11 is 6.06. The number of carbonyl (C=O) groups is 1. The normalized spacial score (nSPS) is 10.2. The van der Waals surface area contributed by atoms with Crippen LogP contribution in [0.3, 0.4) is 0 Å². The van der Waals surface area contributed by atoms with Crippen LogP contribution in [0, 0.1) is 0 Å². The molecule has 0 radical (unpaired) electrons. The van der Waals surface area contributed by atoms with E-state index in [1.165, 1.54) is 20.3 Å². The number of anilines is 1. The number of halogens is 1. The second-order valence-corrected chi connectivity index (χ2v) is 4.52. The Hall–Kier alpha value is -2.34. The summed E-state index contributed by atoms with van der Waals surface area (Å²) in [5.41, 5.74) is 0.650. The Labute approximate surface area is 126 Å². The highest BCUT2D eigenvalue weighted by molar-refractivity contribution is 6.32. The highest BCUT2D eigenvalue weighted by Gasteiger charge is 2.12. The summed E-state index contributed by atoms with van der Waals surface area (Å²) < 4.78 is 15.5. The number of methoxy groups -OCH3 is 2. The minimum absolute atomic E-state index is 0.105. The third-order valence-corrected chi connectivity index (χ3v) is 3.09. The van der Waals surface area contributed by atoms with Gasteiger partial charge < -0.3 is 24.3 Å². The van der Waals surface area contributed by atoms with Crippen LogP contribution in [-0.4, -0.2) is 25.3 Å². The molecule has 0 aliphatic carbocycles. The van der Waals surface area contributed by atoms with Crippen molar-refractivity contribution in [1.29, 1.82) is 0 Å². The number of benzene rings is 1. The molecule has 0 amide bonds. The van der Waals surface area contributed by atoms with Crippen molar-refractivity contribution in [2.24, 2.45) is 0 Å². The standard InChI is InChI=1S/C14H14ClNO5/c1-19-12-6-13(20-2)10(5-9(12)15)16-7-8-3-4-11(21-8)14(17)18/h3-6,16H,7H2,1-2H3,(H,17,18). The third kappa shape index (κ3) is 3.41. The van der Waals surface area contributed by atoms with Crippen LogP contribution >= 0.6 is 11.6 Å². The number of nitrogens with one attached hydrogen (secondary N) is 1. The number of ether oxygens (including phenoxy) is 2. The maximum absolute atomic E-state index is 10.7. The smallest absolute Gasteiger partial charge is 0.371 e. The average molecular weight is 312 g/mol. The highest BCUT2D eigenvalue weighted by atomic mass is 35.5. The molecule has 0 saturated heterocycles. The Morgan fingerprint density at radius 3 is 2.57 bits per heavy atom. The van der Waals surface area contributed by atoms with Crippen molar-refractivity contribution < 1.29 is 23.8 Å². The molecular formula is C14H14ClNO5. The molecule has 2 aromatic rings. The Kier molecular flexibility index (Phi) is 4.59. The van der Waals surface area contributed by atoms with Gasteiger partial charge in [0.25, 0.3) is 0 Å². The van der Waals surface area contributed by atoms with Gasteiger partial charge in [0.05, 0.1) is 31.5 Å². The minimum atomic E-state index is -1.11. The molecule has 0 spiro atoms. The Morgan fingerprint density at radius 2 is 2.00 bits per heavy atom. The number of hydrogen-bond acceptors (Lipinski definition) is 5. The van der Waals surface area contributed by atoms with Gasteiger partial charge in [-0.1, -0.05) is 11.6 Å². The molecule has 0 unspecified atom stereocenters. The van der Waals surface area contributed by atoms with Gasteiger partial charge in [-0.15, -0.1) is 0 Å². The fraction of sp³-hybridized carbons (Fsp3) is 0.214. The molecule has 0 bridgehead atoms. The van der Waals surface area contributed by atoms with Crippen molar-refractivity contribution in [3.05, 3.63) is 40.8 Å². The van der Waals surface area contributed by atoms with E-state index in [1.54, 1.807) is 18.2 Å². The molecule has 0 atom stereocenters. The lowest BCUT2D eigenvalue weighted by molar-refractivity contribution is 0.0660. The molecule has 1 heterocycles. The van der Waals surface area contributed by atoms with Gasteiger partial charge in [-0.25, -0.2) is 4.79 Å². The zero-order valence-corrected chi connectivity index (χ0v) is 12.2. The first-order valence-electron chi connectivity index (χ1n) is 6.02. The van der Waals surface area contributed by atoms with E-state index in [0.717, 1.165) is 0 Å². The first kappa shape index (κ1) is 15.1. The Bertz CT molecular complexity index is 653. The molecule has 0 fully saturated rings. The lowest BCUT2D eigenvalue weighted by Gasteiger charge is -2.13. The molecule has 112 valence electrons. The predicted octanol–water partition coefficient (Wildman–Crippen LogP) is 3.26. The van der Waals surface area contributed by atoms with E-state index in [2.05, 4.69) is 5.32 Å². The Balaban J connectivity index is 2.15. The average Bonchev–Trinajstić information content (AvgIpc) is 2.94. The van der Waals surface area contributed by atoms with Gasteiger partial charge in [-0.05, 0) is 18.2 Å². The van der Waals surface area contributed by atoms with Gasteiger partial charge in [0.1, 0.15) is 17.3 Å². The second-order valence-electron chi connectivity index (χ2n) is 4.11. The van der Waals surface area contributed by atoms with E-state index in [0.29, 0.717) is 34.5 Å². The molecule has 21 heavy (non-hydrogen) atoms. The second kappa shape index (κ2) is 6.41. The van der Waals surface area contributed by atoms with Gasteiger partial charge >= 0.3 is 5.97 Å². The third-order valence-electron chi connectivity index (χ3n) is 2.80. The van der Waals surface area contributed by atoms with E-state index in [1.807, 2.05) is 0 Å². The Morgan fingerprint density at radius 1 is 1.29 bits per heavy atom. The lowest BCUT2D eigenvalue weighted by atomic mass is 10.2. The van der Waals surface area contributed by atoms with Gasteiger partial charge in [0, 0.05) is 6.07 Å².